The molecule has 1 aliphatic rings. The Balaban J connectivity index is 2.04. The number of aliphatic hydroxyl groups is 1. The van der Waals surface area contributed by atoms with Gasteiger partial charge in [-0.2, -0.15) is 0 Å². The van der Waals surface area contributed by atoms with Gasteiger partial charge >= 0.3 is 0 Å². The maximum atomic E-state index is 9.79. The topological polar surface area (TPSA) is 71.6 Å². The fourth-order valence-corrected chi connectivity index (χ4v) is 1.91. The highest BCUT2D eigenvalue weighted by molar-refractivity contribution is 5.46. The molecule has 0 saturated carbocycles. The van der Waals surface area contributed by atoms with Gasteiger partial charge in [-0.1, -0.05) is 0 Å². The quantitative estimate of drug-likeness (QED) is 0.768. The van der Waals surface area contributed by atoms with Crippen LogP contribution in [0.25, 0.3) is 0 Å². The van der Waals surface area contributed by atoms with Gasteiger partial charge in [0.1, 0.15) is 11.9 Å². The Labute approximate surface area is 94.8 Å². The third-order valence-corrected chi connectivity index (χ3v) is 2.71. The predicted molar refractivity (Wildman–Crippen MR) is 62.3 cm³/mol. The average Bonchev–Trinajstić information content (AvgIpc) is 2.62. The lowest BCUT2D eigenvalue weighted by molar-refractivity contribution is -0.00189. The zero-order valence-electron chi connectivity index (χ0n) is 9.34. The van der Waals surface area contributed by atoms with E-state index in [9.17, 15) is 5.11 Å². The largest absolute Gasteiger partial charge is 0.397 e. The van der Waals surface area contributed by atoms with E-state index in [4.69, 9.17) is 10.5 Å². The van der Waals surface area contributed by atoms with E-state index in [2.05, 4.69) is 4.98 Å². The maximum absolute atomic E-state index is 9.79. The van der Waals surface area contributed by atoms with Crippen molar-refractivity contribution in [1.29, 1.82) is 0 Å². The third kappa shape index (κ3) is 2.25. The van der Waals surface area contributed by atoms with Gasteiger partial charge in [-0.15, -0.1) is 0 Å². The summed E-state index contributed by atoms with van der Waals surface area (Å²) >= 11 is 0. The van der Waals surface area contributed by atoms with Gasteiger partial charge in [-0.3, -0.25) is 0 Å². The van der Waals surface area contributed by atoms with E-state index in [-0.39, 0.29) is 6.10 Å². The summed E-state index contributed by atoms with van der Waals surface area (Å²) in [6, 6.07) is 3.67. The fraction of sp³-hybridized carbons (Fsp3) is 0.545. The predicted octanol–water partition coefficient (Wildman–Crippen LogP) is 0.250. The van der Waals surface area contributed by atoms with Crippen molar-refractivity contribution < 1.29 is 9.84 Å². The number of nitrogens with zero attached hydrogens (tertiary/aromatic N) is 2. The van der Waals surface area contributed by atoms with Gasteiger partial charge in [0, 0.05) is 19.7 Å². The van der Waals surface area contributed by atoms with Crippen molar-refractivity contribution in [2.24, 2.45) is 0 Å². The molecule has 0 radical (unpaired) electrons. The molecule has 2 heterocycles. The van der Waals surface area contributed by atoms with Crippen molar-refractivity contribution >= 4 is 11.5 Å². The van der Waals surface area contributed by atoms with Crippen molar-refractivity contribution in [2.75, 3.05) is 30.3 Å². The van der Waals surface area contributed by atoms with Crippen LogP contribution in [0, 0.1) is 0 Å². The summed E-state index contributed by atoms with van der Waals surface area (Å²) in [6.45, 7) is 3.77. The molecule has 2 rings (SSSR count). The van der Waals surface area contributed by atoms with E-state index in [1.54, 1.807) is 6.20 Å². The summed E-state index contributed by atoms with van der Waals surface area (Å²) < 4.78 is 5.45. The number of ether oxygens (including phenoxy) is 1. The van der Waals surface area contributed by atoms with Crippen LogP contribution in [-0.2, 0) is 4.74 Å². The summed E-state index contributed by atoms with van der Waals surface area (Å²) in [7, 11) is 0. The molecule has 5 nitrogen and oxygen atoms in total. The first-order valence-electron chi connectivity index (χ1n) is 5.47. The number of nitrogen functional groups attached to an aromatic ring is 1. The number of β-amino-alcohol motifs (C(OH)–C–C–N with tert-alkyl or cyclic N) is 1. The molecule has 1 aromatic heterocycles. The fourth-order valence-electron chi connectivity index (χ4n) is 1.91. The molecule has 5 heteroatoms. The van der Waals surface area contributed by atoms with Crippen LogP contribution in [0.2, 0.25) is 0 Å². The Bertz CT molecular complexity index is 342. The van der Waals surface area contributed by atoms with Crippen LogP contribution in [0.3, 0.4) is 0 Å². The van der Waals surface area contributed by atoms with Gasteiger partial charge in [-0.25, -0.2) is 4.98 Å². The molecule has 1 fully saturated rings. The van der Waals surface area contributed by atoms with Gasteiger partial charge in [0.05, 0.1) is 18.0 Å². The van der Waals surface area contributed by atoms with E-state index in [0.717, 1.165) is 5.82 Å². The molecular formula is C11H17N3O2. The molecule has 0 amide bonds. The Morgan fingerprint density at radius 1 is 1.56 bits per heavy atom. The second-order valence-electron chi connectivity index (χ2n) is 3.92. The number of nitrogens with two attached hydrogens (primary N) is 1. The molecular weight excluding hydrogens is 206 g/mol. The number of anilines is 2. The minimum Gasteiger partial charge on any atom is -0.397 e. The minimum atomic E-state index is -0.445. The summed E-state index contributed by atoms with van der Waals surface area (Å²) in [5, 5.41) is 9.79. The number of rotatable bonds is 3. The molecule has 0 aliphatic carbocycles. The van der Waals surface area contributed by atoms with Gasteiger partial charge < -0.3 is 20.5 Å². The van der Waals surface area contributed by atoms with Crippen LogP contribution in [0.15, 0.2) is 18.3 Å². The number of aliphatic hydroxyl groups excluding tert-OH is 1. The highest BCUT2D eigenvalue weighted by atomic mass is 16.5. The molecule has 0 aromatic carbocycles. The van der Waals surface area contributed by atoms with E-state index >= 15 is 0 Å². The summed E-state index contributed by atoms with van der Waals surface area (Å²) in [5.74, 6) is 0.829. The van der Waals surface area contributed by atoms with Crippen molar-refractivity contribution in [3.63, 3.8) is 0 Å². The average molecular weight is 223 g/mol. The van der Waals surface area contributed by atoms with Crippen molar-refractivity contribution in [1.82, 2.24) is 4.98 Å². The van der Waals surface area contributed by atoms with Crippen LogP contribution >= 0.6 is 0 Å². The number of aromatic nitrogens is 1. The van der Waals surface area contributed by atoms with E-state index < -0.39 is 6.10 Å². The first kappa shape index (κ1) is 11.2. The summed E-state index contributed by atoms with van der Waals surface area (Å²) in [6.07, 6.45) is 1.05. The number of hydrogen-bond donors (Lipinski definition) is 2. The molecule has 1 saturated heterocycles. The molecule has 0 bridgehead atoms. The van der Waals surface area contributed by atoms with Gasteiger partial charge in [0.25, 0.3) is 0 Å². The third-order valence-electron chi connectivity index (χ3n) is 2.71. The lowest BCUT2D eigenvalue weighted by Gasteiger charge is -2.16. The first-order valence-corrected chi connectivity index (χ1v) is 5.47. The Morgan fingerprint density at radius 3 is 3.00 bits per heavy atom. The standard InChI is InChI=1S/C11H17N3O2/c1-2-16-10-7-14(6-9(10)15)11-4-3-8(12)5-13-11/h3-5,9-10,15H,2,6-7,12H2,1H3/t9-,10-/m0/s1. The van der Waals surface area contributed by atoms with E-state index in [1.165, 1.54) is 0 Å². The molecule has 1 aromatic rings. The van der Waals surface area contributed by atoms with Crippen molar-refractivity contribution in [2.45, 2.75) is 19.1 Å². The van der Waals surface area contributed by atoms with Crippen LogP contribution in [0.1, 0.15) is 6.92 Å². The summed E-state index contributed by atoms with van der Waals surface area (Å²) in [5.41, 5.74) is 6.22. The highest BCUT2D eigenvalue weighted by Gasteiger charge is 2.32. The minimum absolute atomic E-state index is 0.121. The number of hydrogen-bond acceptors (Lipinski definition) is 5. The van der Waals surface area contributed by atoms with Gasteiger partial charge in [0.15, 0.2) is 0 Å². The van der Waals surface area contributed by atoms with E-state index in [0.29, 0.717) is 25.4 Å². The van der Waals surface area contributed by atoms with Crippen LogP contribution in [-0.4, -0.2) is 42.0 Å². The Hall–Kier alpha value is -1.33. The lowest BCUT2D eigenvalue weighted by Crippen LogP contribution is -2.26. The van der Waals surface area contributed by atoms with Crippen LogP contribution < -0.4 is 10.6 Å². The van der Waals surface area contributed by atoms with Gasteiger partial charge in [0.2, 0.25) is 0 Å². The first-order chi connectivity index (χ1) is 7.70. The zero-order chi connectivity index (χ0) is 11.5. The molecule has 0 spiro atoms. The Kier molecular flexibility index (Phi) is 3.26. The molecule has 3 N–H and O–H groups in total. The smallest absolute Gasteiger partial charge is 0.128 e. The van der Waals surface area contributed by atoms with Crippen LogP contribution in [0.4, 0.5) is 11.5 Å². The zero-order valence-corrected chi connectivity index (χ0v) is 9.34. The second kappa shape index (κ2) is 4.67. The monoisotopic (exact) mass is 223 g/mol. The van der Waals surface area contributed by atoms with Gasteiger partial charge in [-0.05, 0) is 19.1 Å². The normalized spacial score (nSPS) is 25.0. The second-order valence-corrected chi connectivity index (χ2v) is 3.92. The van der Waals surface area contributed by atoms with E-state index in [1.807, 2.05) is 24.0 Å². The van der Waals surface area contributed by atoms with Crippen molar-refractivity contribution in [3.05, 3.63) is 18.3 Å². The summed E-state index contributed by atoms with van der Waals surface area (Å²) in [4.78, 5) is 6.23. The molecule has 2 atom stereocenters. The number of pyridine rings is 1. The highest BCUT2D eigenvalue weighted by Crippen LogP contribution is 2.20. The molecule has 16 heavy (non-hydrogen) atoms. The van der Waals surface area contributed by atoms with Crippen LogP contribution in [0.5, 0.6) is 0 Å². The van der Waals surface area contributed by atoms with Crippen molar-refractivity contribution in [3.8, 4) is 0 Å². The molecule has 88 valence electrons. The Morgan fingerprint density at radius 2 is 2.38 bits per heavy atom. The molecule has 0 unspecified atom stereocenters. The SMILES string of the molecule is CCO[C@H]1CN(c2ccc(N)cn2)C[C@@H]1O. The molecule has 1 aliphatic heterocycles. The maximum Gasteiger partial charge on any atom is 0.128 e. The lowest BCUT2D eigenvalue weighted by atomic mass is 10.3.